The van der Waals surface area contributed by atoms with Crippen LogP contribution in [-0.4, -0.2) is 58.7 Å². The van der Waals surface area contributed by atoms with Gasteiger partial charge in [0, 0.05) is 11.9 Å². The van der Waals surface area contributed by atoms with Crippen molar-refractivity contribution in [3.8, 4) is 0 Å². The largest absolute Gasteiger partial charge is 0.394 e. The van der Waals surface area contributed by atoms with E-state index in [-0.39, 0.29) is 6.54 Å². The number of aliphatic hydroxyl groups is 3. The van der Waals surface area contributed by atoms with Crippen molar-refractivity contribution in [3.63, 3.8) is 0 Å². The minimum atomic E-state index is -1.40. The van der Waals surface area contributed by atoms with Crippen LogP contribution in [-0.2, 0) is 4.74 Å². The average molecular weight is 356 g/mol. The lowest BCUT2D eigenvalue weighted by molar-refractivity contribution is -0.0779. The van der Waals surface area contributed by atoms with Crippen molar-refractivity contribution in [2.75, 3.05) is 18.5 Å². The van der Waals surface area contributed by atoms with Crippen LogP contribution < -0.4 is 5.32 Å². The molecule has 6 nitrogen and oxygen atoms in total. The number of nitrogens with zero attached hydrogens (tertiary/aromatic N) is 1. The highest BCUT2D eigenvalue weighted by molar-refractivity contribution is 5.79. The molecule has 1 saturated heterocycles. The normalized spacial score (nSPS) is 28.5. The number of aliphatic imine (C=N–C) groups is 1. The highest BCUT2D eigenvalue weighted by Crippen LogP contribution is 2.33. The third kappa shape index (κ3) is 3.94. The number of rotatable bonds is 6. The lowest BCUT2D eigenvalue weighted by Crippen LogP contribution is -2.47. The number of ether oxygens (including phenoxy) is 1. The summed E-state index contributed by atoms with van der Waals surface area (Å²) in [5.74, 6) is 0. The predicted octanol–water partition coefficient (Wildman–Crippen LogP) is 1.34. The second-order valence-electron chi connectivity index (χ2n) is 6.51. The third-order valence-corrected chi connectivity index (χ3v) is 4.53. The number of anilines is 1. The van der Waals surface area contributed by atoms with Gasteiger partial charge in [0.15, 0.2) is 0 Å². The zero-order valence-corrected chi connectivity index (χ0v) is 14.6. The first-order valence-electron chi connectivity index (χ1n) is 8.60. The van der Waals surface area contributed by atoms with Gasteiger partial charge < -0.3 is 25.4 Å². The lowest BCUT2D eigenvalue weighted by atomic mass is 10.0. The van der Waals surface area contributed by atoms with Crippen LogP contribution in [0.2, 0.25) is 0 Å². The van der Waals surface area contributed by atoms with E-state index in [1.807, 2.05) is 61.5 Å². The zero-order chi connectivity index (χ0) is 18.6. The molecule has 3 rings (SSSR count). The Morgan fingerprint density at radius 3 is 2.42 bits per heavy atom. The summed E-state index contributed by atoms with van der Waals surface area (Å²) in [6.07, 6.45) is -1.77. The van der Waals surface area contributed by atoms with Gasteiger partial charge in [-0.25, -0.2) is 0 Å². The van der Waals surface area contributed by atoms with Crippen molar-refractivity contribution < 1.29 is 20.1 Å². The molecule has 1 aliphatic rings. The SMILES string of the molecule is Cc1ccc(NCC2(/N=C/c3ccccc3)OC(CO)C(O)C2O)cc1. The molecule has 0 amide bonds. The van der Waals surface area contributed by atoms with Gasteiger partial charge in [-0.1, -0.05) is 48.0 Å². The summed E-state index contributed by atoms with van der Waals surface area (Å²) in [6.45, 7) is 1.75. The highest BCUT2D eigenvalue weighted by atomic mass is 16.6. The van der Waals surface area contributed by atoms with Gasteiger partial charge in [-0.05, 0) is 24.6 Å². The van der Waals surface area contributed by atoms with E-state index in [9.17, 15) is 15.3 Å². The fourth-order valence-corrected chi connectivity index (χ4v) is 2.94. The molecule has 4 unspecified atom stereocenters. The predicted molar refractivity (Wildman–Crippen MR) is 100 cm³/mol. The van der Waals surface area contributed by atoms with Crippen LogP contribution in [0.25, 0.3) is 0 Å². The molecule has 0 radical (unpaired) electrons. The van der Waals surface area contributed by atoms with Crippen LogP contribution in [0.15, 0.2) is 59.6 Å². The van der Waals surface area contributed by atoms with Crippen LogP contribution >= 0.6 is 0 Å². The van der Waals surface area contributed by atoms with Gasteiger partial charge in [0.1, 0.15) is 18.3 Å². The highest BCUT2D eigenvalue weighted by Gasteiger charge is 2.53. The van der Waals surface area contributed by atoms with Crippen molar-refractivity contribution >= 4 is 11.9 Å². The van der Waals surface area contributed by atoms with E-state index in [2.05, 4.69) is 10.3 Å². The third-order valence-electron chi connectivity index (χ3n) is 4.53. The fraction of sp³-hybridized carbons (Fsp3) is 0.350. The molecule has 26 heavy (non-hydrogen) atoms. The summed E-state index contributed by atoms with van der Waals surface area (Å²) >= 11 is 0. The van der Waals surface area contributed by atoms with E-state index in [1.54, 1.807) is 6.21 Å². The Morgan fingerprint density at radius 2 is 1.81 bits per heavy atom. The lowest BCUT2D eigenvalue weighted by Gasteiger charge is -2.28. The molecular formula is C20H24N2O4. The maximum Gasteiger partial charge on any atom is 0.204 e. The molecular weight excluding hydrogens is 332 g/mol. The Balaban J connectivity index is 1.84. The van der Waals surface area contributed by atoms with E-state index >= 15 is 0 Å². The van der Waals surface area contributed by atoms with Crippen molar-refractivity contribution in [3.05, 3.63) is 65.7 Å². The minimum Gasteiger partial charge on any atom is -0.394 e. The van der Waals surface area contributed by atoms with Gasteiger partial charge in [-0.2, -0.15) is 0 Å². The fourth-order valence-electron chi connectivity index (χ4n) is 2.94. The van der Waals surface area contributed by atoms with Crippen molar-refractivity contribution in [2.45, 2.75) is 31.0 Å². The van der Waals surface area contributed by atoms with Crippen LogP contribution in [0.4, 0.5) is 5.69 Å². The van der Waals surface area contributed by atoms with E-state index in [1.165, 1.54) is 0 Å². The molecule has 4 N–H and O–H groups in total. The molecule has 6 heteroatoms. The van der Waals surface area contributed by atoms with Crippen molar-refractivity contribution in [1.29, 1.82) is 0 Å². The van der Waals surface area contributed by atoms with Crippen LogP contribution in [0.3, 0.4) is 0 Å². The molecule has 1 fully saturated rings. The first-order valence-corrected chi connectivity index (χ1v) is 8.60. The van der Waals surface area contributed by atoms with Crippen molar-refractivity contribution in [1.82, 2.24) is 0 Å². The maximum absolute atomic E-state index is 10.6. The van der Waals surface area contributed by atoms with Crippen molar-refractivity contribution in [2.24, 2.45) is 4.99 Å². The van der Waals surface area contributed by atoms with E-state index < -0.39 is 30.6 Å². The van der Waals surface area contributed by atoms with E-state index in [0.29, 0.717) is 0 Å². The molecule has 4 atom stereocenters. The summed E-state index contributed by atoms with van der Waals surface area (Å²) in [4.78, 5) is 4.46. The molecule has 1 aliphatic heterocycles. The minimum absolute atomic E-state index is 0.147. The number of nitrogens with one attached hydrogen (secondary N) is 1. The quantitative estimate of drug-likeness (QED) is 0.586. The van der Waals surface area contributed by atoms with Crippen LogP contribution in [0, 0.1) is 6.92 Å². The number of hydrogen-bond donors (Lipinski definition) is 4. The summed E-state index contributed by atoms with van der Waals surface area (Å²) < 4.78 is 5.78. The van der Waals surface area contributed by atoms with Gasteiger partial charge in [0.05, 0.1) is 13.2 Å². The number of hydrogen-bond acceptors (Lipinski definition) is 6. The molecule has 1 heterocycles. The number of aryl methyl sites for hydroxylation is 1. The first kappa shape index (κ1) is 18.5. The topological polar surface area (TPSA) is 94.3 Å². The number of aliphatic hydroxyl groups excluding tert-OH is 3. The first-order chi connectivity index (χ1) is 12.5. The Labute approximate surface area is 152 Å². The second kappa shape index (κ2) is 7.97. The Hall–Kier alpha value is -2.25. The van der Waals surface area contributed by atoms with Gasteiger partial charge in [0.2, 0.25) is 5.72 Å². The van der Waals surface area contributed by atoms with E-state index in [0.717, 1.165) is 16.8 Å². The molecule has 138 valence electrons. The molecule has 0 spiro atoms. The van der Waals surface area contributed by atoms with Gasteiger partial charge in [0.25, 0.3) is 0 Å². The maximum atomic E-state index is 10.6. The summed E-state index contributed by atoms with van der Waals surface area (Å²) in [5.41, 5.74) is 1.44. The second-order valence-corrected chi connectivity index (χ2v) is 6.51. The summed E-state index contributed by atoms with van der Waals surface area (Å²) in [6, 6.07) is 17.2. The Kier molecular flexibility index (Phi) is 5.68. The van der Waals surface area contributed by atoms with Gasteiger partial charge in [-0.3, -0.25) is 4.99 Å². The molecule has 0 aliphatic carbocycles. The van der Waals surface area contributed by atoms with Gasteiger partial charge >= 0.3 is 0 Å². The molecule has 2 aromatic carbocycles. The van der Waals surface area contributed by atoms with Gasteiger partial charge in [-0.15, -0.1) is 0 Å². The molecule has 2 aromatic rings. The Bertz CT molecular complexity index is 735. The average Bonchev–Trinajstić information content (AvgIpc) is 2.92. The van der Waals surface area contributed by atoms with Crippen LogP contribution in [0.1, 0.15) is 11.1 Å². The molecule has 0 bridgehead atoms. The standard InChI is InChI=1S/C20H24N2O4/c1-14-7-9-16(10-8-14)21-13-20(19(25)18(24)17(12-23)26-20)22-11-15-5-3-2-4-6-15/h2-11,17-19,21,23-25H,12-13H2,1H3/b22-11+. The monoisotopic (exact) mass is 356 g/mol. The zero-order valence-electron chi connectivity index (χ0n) is 14.6. The summed E-state index contributed by atoms with van der Waals surface area (Å²) in [7, 11) is 0. The molecule has 0 aromatic heterocycles. The smallest absolute Gasteiger partial charge is 0.204 e. The summed E-state index contributed by atoms with van der Waals surface area (Å²) in [5, 5.41) is 33.4. The van der Waals surface area contributed by atoms with Crippen LogP contribution in [0.5, 0.6) is 0 Å². The number of benzene rings is 2. The van der Waals surface area contributed by atoms with E-state index in [4.69, 9.17) is 4.74 Å². The molecule has 0 saturated carbocycles. The Morgan fingerprint density at radius 1 is 1.12 bits per heavy atom.